The van der Waals surface area contributed by atoms with Crippen LogP contribution in [0.5, 0.6) is 0 Å². The Bertz CT molecular complexity index is 609. The molecule has 25 heavy (non-hydrogen) atoms. The monoisotopic (exact) mass is 344 g/mol. The number of benzene rings is 1. The van der Waals surface area contributed by atoms with Crippen molar-refractivity contribution in [2.45, 2.75) is 38.5 Å². The number of hydrogen-bond donors (Lipinski definition) is 1. The highest BCUT2D eigenvalue weighted by Crippen LogP contribution is 2.45. The van der Waals surface area contributed by atoms with Crippen LogP contribution in [0.3, 0.4) is 0 Å². The predicted molar refractivity (Wildman–Crippen MR) is 96.4 cm³/mol. The number of hydrogen-bond acceptors (Lipinski definition) is 3. The van der Waals surface area contributed by atoms with E-state index in [2.05, 4.69) is 24.0 Å². The summed E-state index contributed by atoms with van der Waals surface area (Å²) in [6, 6.07) is 10.1. The molecule has 2 heterocycles. The third kappa shape index (κ3) is 4.03. The molecule has 0 saturated carbocycles. The van der Waals surface area contributed by atoms with Gasteiger partial charge in [0.25, 0.3) is 0 Å². The summed E-state index contributed by atoms with van der Waals surface area (Å²) in [5.74, 6) is -0.516. The Kier molecular flexibility index (Phi) is 5.42. The first-order chi connectivity index (χ1) is 12.0. The molecule has 5 nitrogen and oxygen atoms in total. The van der Waals surface area contributed by atoms with Crippen molar-refractivity contribution < 1.29 is 14.7 Å². The lowest BCUT2D eigenvalue weighted by Crippen LogP contribution is -2.54. The Hall–Kier alpha value is -1.88. The molecule has 0 radical (unpaired) electrons. The summed E-state index contributed by atoms with van der Waals surface area (Å²) < 4.78 is 0. The second-order valence-electron chi connectivity index (χ2n) is 7.51. The van der Waals surface area contributed by atoms with Gasteiger partial charge in [-0.15, -0.1) is 0 Å². The summed E-state index contributed by atoms with van der Waals surface area (Å²) in [6.45, 7) is 6.15. The molecule has 2 fully saturated rings. The van der Waals surface area contributed by atoms with Gasteiger partial charge in [0.05, 0.1) is 12.3 Å². The van der Waals surface area contributed by atoms with Crippen LogP contribution in [0.2, 0.25) is 0 Å². The summed E-state index contributed by atoms with van der Waals surface area (Å²) in [7, 11) is 0. The number of carbonyl (C=O) groups excluding carboxylic acids is 1. The van der Waals surface area contributed by atoms with Crippen LogP contribution in [0.15, 0.2) is 30.3 Å². The number of piperidine rings is 2. The van der Waals surface area contributed by atoms with Gasteiger partial charge in [0, 0.05) is 19.6 Å². The first-order valence-corrected chi connectivity index (χ1v) is 9.31. The van der Waals surface area contributed by atoms with E-state index in [0.717, 1.165) is 51.0 Å². The third-order valence-electron chi connectivity index (χ3n) is 5.92. The molecule has 0 bridgehead atoms. The van der Waals surface area contributed by atoms with Crippen LogP contribution in [-0.4, -0.2) is 59.5 Å². The van der Waals surface area contributed by atoms with E-state index in [4.69, 9.17) is 5.11 Å². The summed E-state index contributed by atoms with van der Waals surface area (Å²) in [5, 5.41) is 8.87. The minimum absolute atomic E-state index is 0.0412. The lowest BCUT2D eigenvalue weighted by atomic mass is 9.67. The van der Waals surface area contributed by atoms with E-state index in [1.54, 1.807) is 0 Å². The second kappa shape index (κ2) is 7.56. The number of aliphatic carboxylic acids is 1. The quantitative estimate of drug-likeness (QED) is 0.892. The number of nitrogens with zero attached hydrogens (tertiary/aromatic N) is 2. The highest BCUT2D eigenvalue weighted by Gasteiger charge is 2.45. The molecule has 1 N–H and O–H groups in total. The molecule has 5 heteroatoms. The number of likely N-dealkylation sites (N-methyl/N-ethyl adjacent to an activating group) is 1. The third-order valence-corrected chi connectivity index (χ3v) is 5.92. The number of carboxylic acids is 1. The predicted octanol–water partition coefficient (Wildman–Crippen LogP) is 2.58. The highest BCUT2D eigenvalue weighted by molar-refractivity contribution is 5.84. The van der Waals surface area contributed by atoms with Gasteiger partial charge in [0.1, 0.15) is 0 Å². The van der Waals surface area contributed by atoms with Gasteiger partial charge in [-0.3, -0.25) is 9.59 Å². The Balaban J connectivity index is 1.71. The fraction of sp³-hybridized carbons (Fsp3) is 0.600. The average Bonchev–Trinajstić information content (AvgIpc) is 2.64. The topological polar surface area (TPSA) is 60.9 Å². The lowest BCUT2D eigenvalue weighted by Gasteiger charge is -2.49. The maximum absolute atomic E-state index is 12.9. The molecular formula is C20H28N2O3. The fourth-order valence-corrected chi connectivity index (χ4v) is 4.37. The zero-order valence-electron chi connectivity index (χ0n) is 15.0. The van der Waals surface area contributed by atoms with E-state index in [9.17, 15) is 9.59 Å². The molecule has 1 spiro atoms. The minimum Gasteiger partial charge on any atom is -0.481 e. The molecule has 136 valence electrons. The molecule has 1 amide bonds. The van der Waals surface area contributed by atoms with Crippen molar-refractivity contribution >= 4 is 11.9 Å². The average molecular weight is 344 g/mol. The number of amides is 1. The van der Waals surface area contributed by atoms with E-state index in [1.807, 2.05) is 23.1 Å². The van der Waals surface area contributed by atoms with Crippen molar-refractivity contribution in [2.24, 2.45) is 5.41 Å². The number of rotatable bonds is 5. The highest BCUT2D eigenvalue weighted by atomic mass is 16.4. The molecular weight excluding hydrogens is 316 g/mol. The van der Waals surface area contributed by atoms with Crippen LogP contribution in [0.25, 0.3) is 0 Å². The Morgan fingerprint density at radius 1 is 1.24 bits per heavy atom. The van der Waals surface area contributed by atoms with Gasteiger partial charge >= 0.3 is 5.97 Å². The molecule has 0 unspecified atom stereocenters. The SMILES string of the molecule is CCN1CC2(CCN(CCC(=O)O)CC2)C[C@H](c2ccccc2)C1=O. The largest absolute Gasteiger partial charge is 0.481 e. The number of carboxylic acid groups (broad SMARTS) is 1. The van der Waals surface area contributed by atoms with Crippen LogP contribution in [0.1, 0.15) is 44.1 Å². The van der Waals surface area contributed by atoms with Crippen LogP contribution in [-0.2, 0) is 9.59 Å². The Labute approximate surface area is 149 Å². The van der Waals surface area contributed by atoms with Crippen molar-refractivity contribution in [3.05, 3.63) is 35.9 Å². The number of carbonyl (C=O) groups is 2. The lowest BCUT2D eigenvalue weighted by molar-refractivity contribution is -0.142. The smallest absolute Gasteiger partial charge is 0.304 e. The van der Waals surface area contributed by atoms with Gasteiger partial charge in [-0.1, -0.05) is 30.3 Å². The van der Waals surface area contributed by atoms with Gasteiger partial charge < -0.3 is 14.9 Å². The molecule has 1 atom stereocenters. The summed E-state index contributed by atoms with van der Waals surface area (Å²) in [4.78, 5) is 27.9. The van der Waals surface area contributed by atoms with Gasteiger partial charge in [-0.2, -0.15) is 0 Å². The van der Waals surface area contributed by atoms with Crippen LogP contribution >= 0.6 is 0 Å². The van der Waals surface area contributed by atoms with E-state index in [-0.39, 0.29) is 23.7 Å². The maximum Gasteiger partial charge on any atom is 0.304 e. The molecule has 2 saturated heterocycles. The maximum atomic E-state index is 12.9. The van der Waals surface area contributed by atoms with Crippen molar-refractivity contribution in [1.29, 1.82) is 0 Å². The molecule has 1 aromatic rings. The first-order valence-electron chi connectivity index (χ1n) is 9.31. The van der Waals surface area contributed by atoms with E-state index < -0.39 is 5.97 Å². The summed E-state index contributed by atoms with van der Waals surface area (Å²) >= 11 is 0. The molecule has 1 aromatic carbocycles. The van der Waals surface area contributed by atoms with Gasteiger partial charge in [-0.25, -0.2) is 0 Å². The van der Waals surface area contributed by atoms with E-state index in [1.165, 1.54) is 0 Å². The summed E-state index contributed by atoms with van der Waals surface area (Å²) in [6.07, 6.45) is 3.21. The van der Waals surface area contributed by atoms with E-state index >= 15 is 0 Å². The Morgan fingerprint density at radius 3 is 2.52 bits per heavy atom. The second-order valence-corrected chi connectivity index (χ2v) is 7.51. The number of likely N-dealkylation sites (tertiary alicyclic amines) is 2. The molecule has 2 aliphatic rings. The van der Waals surface area contributed by atoms with E-state index in [0.29, 0.717) is 6.54 Å². The van der Waals surface area contributed by atoms with Crippen LogP contribution in [0.4, 0.5) is 0 Å². The van der Waals surface area contributed by atoms with Gasteiger partial charge in [0.15, 0.2) is 0 Å². The van der Waals surface area contributed by atoms with Crippen molar-refractivity contribution in [3.63, 3.8) is 0 Å². The van der Waals surface area contributed by atoms with Gasteiger partial charge in [0.2, 0.25) is 5.91 Å². The van der Waals surface area contributed by atoms with Crippen molar-refractivity contribution in [1.82, 2.24) is 9.80 Å². The fourth-order valence-electron chi connectivity index (χ4n) is 4.37. The zero-order valence-corrected chi connectivity index (χ0v) is 15.0. The standard InChI is InChI=1S/C20H28N2O3/c1-2-22-15-20(9-12-21(13-10-20)11-8-18(23)24)14-17(19(22)25)16-6-4-3-5-7-16/h3-7,17H,2,8-15H2,1H3,(H,23,24)/t17-/m1/s1. The van der Waals surface area contributed by atoms with Crippen molar-refractivity contribution in [2.75, 3.05) is 32.7 Å². The summed E-state index contributed by atoms with van der Waals surface area (Å²) in [5.41, 5.74) is 1.29. The Morgan fingerprint density at radius 2 is 1.92 bits per heavy atom. The van der Waals surface area contributed by atoms with Crippen LogP contribution in [0, 0.1) is 5.41 Å². The zero-order chi connectivity index (χ0) is 17.9. The van der Waals surface area contributed by atoms with Crippen molar-refractivity contribution in [3.8, 4) is 0 Å². The molecule has 2 aliphatic heterocycles. The van der Waals surface area contributed by atoms with Crippen LogP contribution < -0.4 is 0 Å². The first kappa shape index (κ1) is 17.9. The molecule has 0 aromatic heterocycles. The molecule has 3 rings (SSSR count). The molecule has 0 aliphatic carbocycles. The minimum atomic E-state index is -0.732. The normalized spacial score (nSPS) is 23.8. The van der Waals surface area contributed by atoms with Gasteiger partial charge in [-0.05, 0) is 50.3 Å².